The van der Waals surface area contributed by atoms with Gasteiger partial charge >= 0.3 is 0 Å². The summed E-state index contributed by atoms with van der Waals surface area (Å²) in [6.07, 6.45) is 7.14. The van der Waals surface area contributed by atoms with E-state index in [1.165, 1.54) is 5.56 Å². The van der Waals surface area contributed by atoms with Crippen molar-refractivity contribution in [2.45, 2.75) is 18.9 Å². The summed E-state index contributed by atoms with van der Waals surface area (Å²) >= 11 is 0. The lowest BCUT2D eigenvalue weighted by Gasteiger charge is -2.20. The second-order valence-corrected chi connectivity index (χ2v) is 3.88. The fourth-order valence-corrected chi connectivity index (χ4v) is 1.75. The molecule has 0 aliphatic carbocycles. The zero-order valence-electron chi connectivity index (χ0n) is 9.25. The molecular weight excluding hydrogens is 198 g/mol. The Kier molecular flexibility index (Phi) is 3.27. The Morgan fingerprint density at radius 1 is 0.875 bits per heavy atom. The summed E-state index contributed by atoms with van der Waals surface area (Å²) in [6.45, 7) is 2.13. The Morgan fingerprint density at radius 2 is 1.31 bits per heavy atom. The second-order valence-electron chi connectivity index (χ2n) is 3.88. The number of nitrogens with zero attached hydrogens (tertiary/aromatic N) is 2. The maximum Gasteiger partial charge on any atom is 0.0362 e. The van der Waals surface area contributed by atoms with Gasteiger partial charge in [0.15, 0.2) is 0 Å². The molecule has 0 saturated carbocycles. The van der Waals surface area contributed by atoms with E-state index in [1.54, 1.807) is 24.8 Å². The van der Waals surface area contributed by atoms with Gasteiger partial charge in [0.25, 0.3) is 0 Å². The van der Waals surface area contributed by atoms with Crippen LogP contribution >= 0.6 is 0 Å². The van der Waals surface area contributed by atoms with Gasteiger partial charge in [0.05, 0.1) is 0 Å². The van der Waals surface area contributed by atoms with Crippen LogP contribution < -0.4 is 5.73 Å². The van der Waals surface area contributed by atoms with Gasteiger partial charge in [-0.1, -0.05) is 6.92 Å². The Balaban J connectivity index is 2.20. The third-order valence-electron chi connectivity index (χ3n) is 2.86. The molecule has 16 heavy (non-hydrogen) atoms. The van der Waals surface area contributed by atoms with Crippen molar-refractivity contribution in [1.82, 2.24) is 9.97 Å². The van der Waals surface area contributed by atoms with Crippen molar-refractivity contribution in [1.29, 1.82) is 0 Å². The summed E-state index contributed by atoms with van der Waals surface area (Å²) in [4.78, 5) is 8.00. The molecule has 0 spiro atoms. The summed E-state index contributed by atoms with van der Waals surface area (Å²) in [5.74, 6) is 0.269. The highest BCUT2D eigenvalue weighted by Crippen LogP contribution is 2.27. The molecule has 0 radical (unpaired) electrons. The van der Waals surface area contributed by atoms with Crippen molar-refractivity contribution in [3.63, 3.8) is 0 Å². The largest absolute Gasteiger partial charge is 0.323 e. The van der Waals surface area contributed by atoms with E-state index >= 15 is 0 Å². The summed E-state index contributed by atoms with van der Waals surface area (Å²) < 4.78 is 0. The Morgan fingerprint density at radius 3 is 1.81 bits per heavy atom. The minimum Gasteiger partial charge on any atom is -0.323 e. The zero-order chi connectivity index (χ0) is 11.4. The molecular formula is C13H15N3. The summed E-state index contributed by atoms with van der Waals surface area (Å²) in [5.41, 5.74) is 8.54. The second kappa shape index (κ2) is 4.86. The maximum absolute atomic E-state index is 6.22. The normalized spacial score (nSPS) is 14.4. The third kappa shape index (κ3) is 2.25. The van der Waals surface area contributed by atoms with Crippen LogP contribution in [0.4, 0.5) is 0 Å². The Hall–Kier alpha value is -1.74. The van der Waals surface area contributed by atoms with Crippen molar-refractivity contribution in [3.8, 4) is 0 Å². The number of pyridine rings is 2. The van der Waals surface area contributed by atoms with E-state index < -0.39 is 0 Å². The molecule has 0 fully saturated rings. The summed E-state index contributed by atoms with van der Waals surface area (Å²) in [6, 6.07) is 7.92. The predicted octanol–water partition coefficient (Wildman–Crippen LogP) is 2.28. The zero-order valence-corrected chi connectivity index (χ0v) is 9.25. The van der Waals surface area contributed by atoms with Crippen molar-refractivity contribution in [2.75, 3.05) is 0 Å². The van der Waals surface area contributed by atoms with Crippen LogP contribution in [0.5, 0.6) is 0 Å². The first-order chi connectivity index (χ1) is 7.79. The van der Waals surface area contributed by atoms with E-state index in [9.17, 15) is 0 Å². The average molecular weight is 213 g/mol. The van der Waals surface area contributed by atoms with Gasteiger partial charge in [-0.2, -0.15) is 0 Å². The molecule has 0 aliphatic rings. The van der Waals surface area contributed by atoms with Gasteiger partial charge < -0.3 is 5.73 Å². The summed E-state index contributed by atoms with van der Waals surface area (Å²) in [5, 5.41) is 0. The van der Waals surface area contributed by atoms with Crippen molar-refractivity contribution in [2.24, 2.45) is 5.73 Å². The van der Waals surface area contributed by atoms with Crippen LogP contribution in [0.15, 0.2) is 49.1 Å². The predicted molar refractivity (Wildman–Crippen MR) is 63.8 cm³/mol. The van der Waals surface area contributed by atoms with Crippen LogP contribution in [0.2, 0.25) is 0 Å². The molecule has 2 rings (SSSR count). The molecule has 3 heteroatoms. The first-order valence-electron chi connectivity index (χ1n) is 5.34. The van der Waals surface area contributed by atoms with E-state index in [0.29, 0.717) is 0 Å². The van der Waals surface area contributed by atoms with Crippen LogP contribution in [-0.4, -0.2) is 9.97 Å². The number of hydrogen-bond acceptors (Lipinski definition) is 3. The maximum atomic E-state index is 6.22. The van der Waals surface area contributed by atoms with Gasteiger partial charge in [0.2, 0.25) is 0 Å². The van der Waals surface area contributed by atoms with Gasteiger partial charge in [-0.3, -0.25) is 9.97 Å². The number of rotatable bonds is 3. The van der Waals surface area contributed by atoms with Crippen LogP contribution in [0, 0.1) is 0 Å². The number of hydrogen-bond donors (Lipinski definition) is 1. The van der Waals surface area contributed by atoms with Gasteiger partial charge in [0.1, 0.15) is 0 Å². The van der Waals surface area contributed by atoms with E-state index in [4.69, 9.17) is 5.73 Å². The molecule has 2 heterocycles. The summed E-state index contributed by atoms with van der Waals surface area (Å²) in [7, 11) is 0. The van der Waals surface area contributed by atoms with Gasteiger partial charge in [-0.25, -0.2) is 0 Å². The standard InChI is InChI=1S/C13H15N3/c1-10(11-2-6-15-7-3-11)13(14)12-4-8-16-9-5-12/h2-10,13H,14H2,1H3. The van der Waals surface area contributed by atoms with Crippen molar-refractivity contribution >= 4 is 0 Å². The quantitative estimate of drug-likeness (QED) is 0.851. The molecule has 0 aliphatic heterocycles. The molecule has 3 nitrogen and oxygen atoms in total. The minimum absolute atomic E-state index is 0.00889. The van der Waals surface area contributed by atoms with Gasteiger partial charge in [-0.05, 0) is 35.4 Å². The first kappa shape index (κ1) is 10.8. The Bertz CT molecular complexity index is 384. The van der Waals surface area contributed by atoms with Crippen LogP contribution in [0.1, 0.15) is 30.0 Å². The van der Waals surface area contributed by atoms with Crippen LogP contribution in [0.25, 0.3) is 0 Å². The number of aromatic nitrogens is 2. The van der Waals surface area contributed by atoms with E-state index in [1.807, 2.05) is 24.3 Å². The molecule has 2 atom stereocenters. The highest BCUT2D eigenvalue weighted by Gasteiger charge is 2.16. The topological polar surface area (TPSA) is 51.8 Å². The SMILES string of the molecule is CC(c1ccncc1)C(N)c1ccncc1. The average Bonchev–Trinajstić information content (AvgIpc) is 2.39. The molecule has 2 aromatic rings. The molecule has 2 unspecified atom stereocenters. The van der Waals surface area contributed by atoms with Gasteiger partial charge in [-0.15, -0.1) is 0 Å². The molecule has 0 saturated heterocycles. The lowest BCUT2D eigenvalue weighted by Crippen LogP contribution is -2.17. The van der Waals surface area contributed by atoms with E-state index in [2.05, 4.69) is 16.9 Å². The molecule has 2 aromatic heterocycles. The van der Waals surface area contributed by atoms with Gasteiger partial charge in [0, 0.05) is 36.7 Å². The lowest BCUT2D eigenvalue weighted by molar-refractivity contribution is 0.597. The lowest BCUT2D eigenvalue weighted by atomic mass is 9.90. The Labute approximate surface area is 95.4 Å². The van der Waals surface area contributed by atoms with Crippen molar-refractivity contribution < 1.29 is 0 Å². The molecule has 0 amide bonds. The van der Waals surface area contributed by atoms with Crippen LogP contribution in [0.3, 0.4) is 0 Å². The molecule has 0 bridgehead atoms. The third-order valence-corrected chi connectivity index (χ3v) is 2.86. The van der Waals surface area contributed by atoms with Crippen molar-refractivity contribution in [3.05, 3.63) is 60.2 Å². The fraction of sp³-hybridized carbons (Fsp3) is 0.231. The first-order valence-corrected chi connectivity index (χ1v) is 5.34. The molecule has 2 N–H and O–H groups in total. The monoisotopic (exact) mass is 213 g/mol. The number of nitrogens with two attached hydrogens (primary N) is 1. The molecule has 0 aromatic carbocycles. The minimum atomic E-state index is -0.00889. The molecule has 82 valence electrons. The fourth-order valence-electron chi connectivity index (χ4n) is 1.75. The van der Waals surface area contributed by atoms with E-state index in [0.717, 1.165) is 5.56 Å². The highest BCUT2D eigenvalue weighted by atomic mass is 14.7. The van der Waals surface area contributed by atoms with E-state index in [-0.39, 0.29) is 12.0 Å². The van der Waals surface area contributed by atoms with Crippen LogP contribution in [-0.2, 0) is 0 Å². The highest BCUT2D eigenvalue weighted by molar-refractivity contribution is 5.24. The smallest absolute Gasteiger partial charge is 0.0362 e.